The van der Waals surface area contributed by atoms with Crippen LogP contribution in [0.2, 0.25) is 0 Å². The van der Waals surface area contributed by atoms with Crippen molar-refractivity contribution in [3.63, 3.8) is 0 Å². The van der Waals surface area contributed by atoms with E-state index in [0.717, 1.165) is 6.33 Å². The highest BCUT2D eigenvalue weighted by molar-refractivity contribution is 6.17. The number of halogens is 4. The maximum absolute atomic E-state index is 12.1. The van der Waals surface area contributed by atoms with E-state index in [1.54, 1.807) is 0 Å². The summed E-state index contributed by atoms with van der Waals surface area (Å²) in [4.78, 5) is 6.67. The van der Waals surface area contributed by atoms with Gasteiger partial charge in [-0.1, -0.05) is 0 Å². The Morgan fingerprint density at radius 2 is 2.08 bits per heavy atom. The summed E-state index contributed by atoms with van der Waals surface area (Å²) in [7, 11) is 0. The van der Waals surface area contributed by atoms with Crippen LogP contribution in [-0.4, -0.2) is 9.97 Å². The minimum Gasteiger partial charge on any atom is -0.244 e. The molecule has 0 unspecified atom stereocenters. The summed E-state index contributed by atoms with van der Waals surface area (Å²) < 4.78 is 36.3. The molecule has 12 heavy (non-hydrogen) atoms. The molecule has 0 aromatic carbocycles. The second-order valence-corrected chi connectivity index (χ2v) is 2.28. The molecule has 0 aliphatic rings. The van der Waals surface area contributed by atoms with Crippen LogP contribution in [0, 0.1) is 0 Å². The Bertz CT molecular complexity index is 274. The van der Waals surface area contributed by atoms with Crippen LogP contribution in [-0.2, 0) is 12.1 Å². The van der Waals surface area contributed by atoms with E-state index in [9.17, 15) is 13.2 Å². The lowest BCUT2D eigenvalue weighted by Crippen LogP contribution is -2.10. The molecule has 0 aliphatic heterocycles. The standard InChI is InChI=1S/C6H4ClF3N2/c7-1-5-4(6(8,9)10)2-11-3-12-5/h2-3H,1H2. The first kappa shape index (κ1) is 9.25. The number of nitrogens with zero attached hydrogens (tertiary/aromatic N) is 2. The molecule has 0 N–H and O–H groups in total. The van der Waals surface area contributed by atoms with Crippen molar-refractivity contribution in [2.75, 3.05) is 0 Å². The highest BCUT2D eigenvalue weighted by Gasteiger charge is 2.33. The molecule has 66 valence electrons. The van der Waals surface area contributed by atoms with Crippen molar-refractivity contribution in [2.24, 2.45) is 0 Å². The molecule has 0 radical (unpaired) electrons. The van der Waals surface area contributed by atoms with E-state index in [2.05, 4.69) is 9.97 Å². The van der Waals surface area contributed by atoms with Gasteiger partial charge in [0.15, 0.2) is 0 Å². The normalized spacial score (nSPS) is 11.7. The molecule has 2 nitrogen and oxygen atoms in total. The fourth-order valence-corrected chi connectivity index (χ4v) is 0.911. The van der Waals surface area contributed by atoms with Crippen molar-refractivity contribution in [3.05, 3.63) is 23.8 Å². The lowest BCUT2D eigenvalue weighted by Gasteiger charge is -2.07. The van der Waals surface area contributed by atoms with E-state index in [-0.39, 0.29) is 11.6 Å². The molecule has 0 saturated heterocycles. The van der Waals surface area contributed by atoms with Gasteiger partial charge in [0.2, 0.25) is 0 Å². The monoisotopic (exact) mass is 196 g/mol. The van der Waals surface area contributed by atoms with Gasteiger partial charge in [0, 0.05) is 6.20 Å². The third kappa shape index (κ3) is 1.85. The van der Waals surface area contributed by atoms with Gasteiger partial charge in [0.1, 0.15) is 6.33 Å². The highest BCUT2D eigenvalue weighted by Crippen LogP contribution is 2.30. The van der Waals surface area contributed by atoms with Crippen molar-refractivity contribution in [2.45, 2.75) is 12.1 Å². The Balaban J connectivity index is 3.14. The Hall–Kier alpha value is -0.840. The van der Waals surface area contributed by atoms with Gasteiger partial charge in [0.05, 0.1) is 17.1 Å². The van der Waals surface area contributed by atoms with Crippen molar-refractivity contribution < 1.29 is 13.2 Å². The highest BCUT2D eigenvalue weighted by atomic mass is 35.5. The Morgan fingerprint density at radius 3 is 2.50 bits per heavy atom. The minimum atomic E-state index is -4.43. The van der Waals surface area contributed by atoms with E-state index in [1.165, 1.54) is 0 Å². The average Bonchev–Trinajstić information content (AvgIpc) is 2.03. The molecule has 0 amide bonds. The largest absolute Gasteiger partial charge is 0.419 e. The van der Waals surface area contributed by atoms with Gasteiger partial charge in [-0.3, -0.25) is 0 Å². The van der Waals surface area contributed by atoms with Gasteiger partial charge in [-0.2, -0.15) is 13.2 Å². The molecule has 1 aromatic heterocycles. The molecule has 0 aliphatic carbocycles. The maximum Gasteiger partial charge on any atom is 0.419 e. The molecule has 1 rings (SSSR count). The Labute approximate surface area is 71.4 Å². The average molecular weight is 197 g/mol. The van der Waals surface area contributed by atoms with Crippen molar-refractivity contribution in [1.82, 2.24) is 9.97 Å². The summed E-state index contributed by atoms with van der Waals surface area (Å²) in [6.45, 7) is 0. The molecule has 0 fully saturated rings. The van der Waals surface area contributed by atoms with Gasteiger partial charge in [0.25, 0.3) is 0 Å². The van der Waals surface area contributed by atoms with Crippen LogP contribution in [0.4, 0.5) is 13.2 Å². The molecule has 0 bridgehead atoms. The summed E-state index contributed by atoms with van der Waals surface area (Å²) in [5.74, 6) is -0.267. The maximum atomic E-state index is 12.1. The lowest BCUT2D eigenvalue weighted by atomic mass is 10.2. The van der Waals surface area contributed by atoms with Gasteiger partial charge in [-0.05, 0) is 0 Å². The van der Waals surface area contributed by atoms with Gasteiger partial charge in [-0.15, -0.1) is 11.6 Å². The van der Waals surface area contributed by atoms with Gasteiger partial charge < -0.3 is 0 Å². The predicted octanol–water partition coefficient (Wildman–Crippen LogP) is 2.23. The van der Waals surface area contributed by atoms with Crippen LogP contribution in [0.25, 0.3) is 0 Å². The molecular formula is C6H4ClF3N2. The minimum absolute atomic E-state index is 0.195. The topological polar surface area (TPSA) is 25.8 Å². The Morgan fingerprint density at radius 1 is 1.42 bits per heavy atom. The summed E-state index contributed by atoms with van der Waals surface area (Å²) in [6, 6.07) is 0. The van der Waals surface area contributed by atoms with Crippen LogP contribution in [0.5, 0.6) is 0 Å². The number of hydrogen-bond acceptors (Lipinski definition) is 2. The van der Waals surface area contributed by atoms with Crippen molar-refractivity contribution in [3.8, 4) is 0 Å². The third-order valence-electron chi connectivity index (χ3n) is 1.23. The molecule has 0 saturated carbocycles. The van der Waals surface area contributed by atoms with Gasteiger partial charge >= 0.3 is 6.18 Å². The zero-order valence-electron chi connectivity index (χ0n) is 5.77. The zero-order valence-corrected chi connectivity index (χ0v) is 6.52. The van der Waals surface area contributed by atoms with Crippen LogP contribution in [0.3, 0.4) is 0 Å². The van der Waals surface area contributed by atoms with E-state index in [4.69, 9.17) is 11.6 Å². The predicted molar refractivity (Wildman–Crippen MR) is 36.6 cm³/mol. The smallest absolute Gasteiger partial charge is 0.244 e. The van der Waals surface area contributed by atoms with E-state index in [0.29, 0.717) is 6.20 Å². The molecular weight excluding hydrogens is 193 g/mol. The van der Waals surface area contributed by atoms with Crippen molar-refractivity contribution >= 4 is 11.6 Å². The summed E-state index contributed by atoms with van der Waals surface area (Å²) >= 11 is 5.25. The van der Waals surface area contributed by atoms with Crippen LogP contribution in [0.15, 0.2) is 12.5 Å². The zero-order chi connectivity index (χ0) is 9.19. The van der Waals surface area contributed by atoms with Crippen LogP contribution >= 0.6 is 11.6 Å². The summed E-state index contributed by atoms with van der Waals surface area (Å²) in [5.41, 5.74) is -1.07. The number of alkyl halides is 4. The third-order valence-corrected chi connectivity index (χ3v) is 1.48. The molecule has 1 aromatic rings. The first-order valence-electron chi connectivity index (χ1n) is 2.97. The second-order valence-electron chi connectivity index (χ2n) is 2.01. The van der Waals surface area contributed by atoms with E-state index < -0.39 is 11.7 Å². The van der Waals surface area contributed by atoms with Crippen LogP contribution in [0.1, 0.15) is 11.3 Å². The van der Waals surface area contributed by atoms with E-state index in [1.807, 2.05) is 0 Å². The SMILES string of the molecule is FC(F)(F)c1cncnc1CCl. The fraction of sp³-hybridized carbons (Fsp3) is 0.333. The van der Waals surface area contributed by atoms with Crippen LogP contribution < -0.4 is 0 Å². The number of rotatable bonds is 1. The molecule has 1 heterocycles. The molecule has 0 atom stereocenters. The first-order chi connectivity index (χ1) is 5.55. The summed E-state index contributed by atoms with van der Waals surface area (Å²) in [5, 5.41) is 0. The summed E-state index contributed by atoms with van der Waals surface area (Å²) in [6.07, 6.45) is -2.68. The first-order valence-corrected chi connectivity index (χ1v) is 3.51. The van der Waals surface area contributed by atoms with Crippen molar-refractivity contribution in [1.29, 1.82) is 0 Å². The fourth-order valence-electron chi connectivity index (χ4n) is 0.698. The number of hydrogen-bond donors (Lipinski definition) is 0. The lowest BCUT2D eigenvalue weighted by molar-refractivity contribution is -0.138. The molecule has 6 heteroatoms. The Kier molecular flexibility index (Phi) is 2.52. The molecule has 0 spiro atoms. The van der Waals surface area contributed by atoms with E-state index >= 15 is 0 Å². The second kappa shape index (κ2) is 3.26. The number of aromatic nitrogens is 2. The van der Waals surface area contributed by atoms with Gasteiger partial charge in [-0.25, -0.2) is 9.97 Å². The quantitative estimate of drug-likeness (QED) is 0.644.